The van der Waals surface area contributed by atoms with Gasteiger partial charge < -0.3 is 4.74 Å². The van der Waals surface area contributed by atoms with Crippen molar-refractivity contribution in [3.8, 4) is 0 Å². The molecule has 2 aliphatic carbocycles. The van der Waals surface area contributed by atoms with Gasteiger partial charge in [0, 0.05) is 0 Å². The van der Waals surface area contributed by atoms with Crippen molar-refractivity contribution in [3.05, 3.63) is 47.3 Å². The average Bonchev–Trinajstić information content (AvgIpc) is 2.46. The van der Waals surface area contributed by atoms with E-state index in [4.69, 9.17) is 4.74 Å². The first-order valence-electron chi connectivity index (χ1n) is 3.74. The molecule has 0 aromatic rings. The number of hydrogen-bond donors (Lipinski definition) is 0. The molecule has 0 saturated carbocycles. The number of allylic oxidation sites excluding steroid dienone is 7. The van der Waals surface area contributed by atoms with E-state index in [0.717, 1.165) is 12.2 Å². The Morgan fingerprint density at radius 3 is 2.91 bits per heavy atom. The standard InChI is InChI=1S/C10H10O/c1-11-10-6-8-4-2-3-5-9(8)7-10/h2,4-7H,3H2,1H3. The summed E-state index contributed by atoms with van der Waals surface area (Å²) in [5, 5.41) is 0. The lowest BCUT2D eigenvalue weighted by Crippen LogP contribution is -1.82. The van der Waals surface area contributed by atoms with Crippen molar-refractivity contribution in [2.24, 2.45) is 0 Å². The first-order chi connectivity index (χ1) is 5.40. The van der Waals surface area contributed by atoms with Crippen molar-refractivity contribution in [1.82, 2.24) is 0 Å². The Hall–Kier alpha value is -1.24. The molecule has 0 heterocycles. The third kappa shape index (κ3) is 1.03. The van der Waals surface area contributed by atoms with E-state index in [1.807, 2.05) is 0 Å². The van der Waals surface area contributed by atoms with Gasteiger partial charge >= 0.3 is 0 Å². The fourth-order valence-corrected chi connectivity index (χ4v) is 1.34. The van der Waals surface area contributed by atoms with Crippen LogP contribution in [0.3, 0.4) is 0 Å². The van der Waals surface area contributed by atoms with E-state index in [0.29, 0.717) is 0 Å². The summed E-state index contributed by atoms with van der Waals surface area (Å²) in [7, 11) is 1.70. The first kappa shape index (κ1) is 6.47. The maximum atomic E-state index is 5.11. The molecule has 0 atom stereocenters. The molecule has 0 fully saturated rings. The van der Waals surface area contributed by atoms with E-state index in [-0.39, 0.29) is 0 Å². The minimum Gasteiger partial charge on any atom is -0.497 e. The number of ether oxygens (including phenoxy) is 1. The maximum Gasteiger partial charge on any atom is 0.120 e. The van der Waals surface area contributed by atoms with E-state index < -0.39 is 0 Å². The van der Waals surface area contributed by atoms with Gasteiger partial charge in [0.1, 0.15) is 5.76 Å². The van der Waals surface area contributed by atoms with Crippen molar-refractivity contribution in [3.63, 3.8) is 0 Å². The van der Waals surface area contributed by atoms with E-state index in [2.05, 4.69) is 30.4 Å². The van der Waals surface area contributed by atoms with E-state index >= 15 is 0 Å². The van der Waals surface area contributed by atoms with Gasteiger partial charge in [0.25, 0.3) is 0 Å². The lowest BCUT2D eigenvalue weighted by molar-refractivity contribution is 0.308. The molecule has 1 heteroatoms. The second-order valence-corrected chi connectivity index (χ2v) is 2.65. The van der Waals surface area contributed by atoms with Crippen LogP contribution in [0.1, 0.15) is 6.42 Å². The molecule has 0 radical (unpaired) electrons. The molecule has 2 rings (SSSR count). The van der Waals surface area contributed by atoms with Gasteiger partial charge in [-0.3, -0.25) is 0 Å². The molecule has 2 aliphatic rings. The number of rotatable bonds is 1. The molecular formula is C10H10O. The molecule has 0 aromatic heterocycles. The lowest BCUT2D eigenvalue weighted by atomic mass is 10.0. The first-order valence-corrected chi connectivity index (χ1v) is 3.74. The van der Waals surface area contributed by atoms with Crippen molar-refractivity contribution in [2.75, 3.05) is 7.11 Å². The number of hydrogen-bond acceptors (Lipinski definition) is 1. The molecule has 0 aromatic carbocycles. The summed E-state index contributed by atoms with van der Waals surface area (Å²) in [5.74, 6) is 0.956. The highest BCUT2D eigenvalue weighted by atomic mass is 16.5. The van der Waals surface area contributed by atoms with Crippen LogP contribution in [0.5, 0.6) is 0 Å². The van der Waals surface area contributed by atoms with E-state index in [1.165, 1.54) is 11.1 Å². The Morgan fingerprint density at radius 2 is 2.18 bits per heavy atom. The summed E-state index contributed by atoms with van der Waals surface area (Å²) >= 11 is 0. The largest absolute Gasteiger partial charge is 0.497 e. The van der Waals surface area contributed by atoms with Crippen LogP contribution >= 0.6 is 0 Å². The van der Waals surface area contributed by atoms with Crippen LogP contribution in [0.4, 0.5) is 0 Å². The Bertz CT molecular complexity index is 290. The van der Waals surface area contributed by atoms with E-state index in [1.54, 1.807) is 7.11 Å². The SMILES string of the molecule is COC1=CC2=CCC=CC2=C1. The lowest BCUT2D eigenvalue weighted by Gasteiger charge is -2.01. The zero-order valence-electron chi connectivity index (χ0n) is 6.50. The molecule has 0 unspecified atom stereocenters. The topological polar surface area (TPSA) is 9.23 Å². The second kappa shape index (κ2) is 2.42. The van der Waals surface area contributed by atoms with Crippen molar-refractivity contribution >= 4 is 0 Å². The van der Waals surface area contributed by atoms with Gasteiger partial charge in [0.15, 0.2) is 0 Å². The number of fused-ring (bicyclic) bond motifs is 1. The number of methoxy groups -OCH3 is 1. The highest BCUT2D eigenvalue weighted by Gasteiger charge is 2.11. The maximum absolute atomic E-state index is 5.11. The van der Waals surface area contributed by atoms with Crippen LogP contribution < -0.4 is 0 Å². The van der Waals surface area contributed by atoms with Gasteiger partial charge in [-0.1, -0.05) is 18.2 Å². The molecule has 0 aliphatic heterocycles. The van der Waals surface area contributed by atoms with Crippen molar-refractivity contribution < 1.29 is 4.74 Å². The minimum absolute atomic E-state index is 0.956. The molecule has 11 heavy (non-hydrogen) atoms. The second-order valence-electron chi connectivity index (χ2n) is 2.65. The van der Waals surface area contributed by atoms with Crippen LogP contribution in [-0.2, 0) is 4.74 Å². The predicted molar refractivity (Wildman–Crippen MR) is 45.0 cm³/mol. The van der Waals surface area contributed by atoms with Crippen molar-refractivity contribution in [1.29, 1.82) is 0 Å². The molecule has 0 spiro atoms. The van der Waals surface area contributed by atoms with Gasteiger partial charge in [0.05, 0.1) is 7.11 Å². The molecule has 0 amide bonds. The summed E-state index contributed by atoms with van der Waals surface area (Å²) in [6, 6.07) is 0. The molecule has 56 valence electrons. The van der Waals surface area contributed by atoms with Crippen molar-refractivity contribution in [2.45, 2.75) is 6.42 Å². The molecule has 0 N–H and O–H groups in total. The van der Waals surface area contributed by atoms with Gasteiger partial charge in [-0.15, -0.1) is 0 Å². The Balaban J connectivity index is 2.35. The third-order valence-electron chi connectivity index (χ3n) is 1.94. The van der Waals surface area contributed by atoms with Crippen LogP contribution in [0, 0.1) is 0 Å². The van der Waals surface area contributed by atoms with Gasteiger partial charge in [-0.25, -0.2) is 0 Å². The van der Waals surface area contributed by atoms with Crippen LogP contribution in [-0.4, -0.2) is 7.11 Å². The molecule has 0 saturated heterocycles. The molecule has 1 nitrogen and oxygen atoms in total. The predicted octanol–water partition coefficient (Wildman–Crippen LogP) is 2.34. The van der Waals surface area contributed by atoms with Crippen LogP contribution in [0.25, 0.3) is 0 Å². The normalized spacial score (nSPS) is 20.3. The quantitative estimate of drug-likeness (QED) is 0.551. The summed E-state index contributed by atoms with van der Waals surface area (Å²) in [4.78, 5) is 0. The van der Waals surface area contributed by atoms with Crippen LogP contribution in [0.2, 0.25) is 0 Å². The minimum atomic E-state index is 0.956. The zero-order valence-corrected chi connectivity index (χ0v) is 6.50. The molecule has 0 bridgehead atoms. The summed E-state index contributed by atoms with van der Waals surface area (Å²) in [6.07, 6.45) is 11.7. The highest BCUT2D eigenvalue weighted by molar-refractivity contribution is 5.57. The smallest absolute Gasteiger partial charge is 0.120 e. The fraction of sp³-hybridized carbons (Fsp3) is 0.200. The highest BCUT2D eigenvalue weighted by Crippen LogP contribution is 2.27. The van der Waals surface area contributed by atoms with Gasteiger partial charge in [0.2, 0.25) is 0 Å². The Morgan fingerprint density at radius 1 is 1.27 bits per heavy atom. The third-order valence-corrected chi connectivity index (χ3v) is 1.94. The summed E-state index contributed by atoms with van der Waals surface area (Å²) in [5.41, 5.74) is 2.57. The van der Waals surface area contributed by atoms with E-state index in [9.17, 15) is 0 Å². The summed E-state index contributed by atoms with van der Waals surface area (Å²) < 4.78 is 5.11. The molecular weight excluding hydrogens is 136 g/mol. The Kier molecular flexibility index (Phi) is 1.42. The van der Waals surface area contributed by atoms with Gasteiger partial charge in [-0.2, -0.15) is 0 Å². The fourth-order valence-electron chi connectivity index (χ4n) is 1.34. The average molecular weight is 146 g/mol. The summed E-state index contributed by atoms with van der Waals surface area (Å²) in [6.45, 7) is 0. The Labute approximate surface area is 66.4 Å². The van der Waals surface area contributed by atoms with Crippen LogP contribution in [0.15, 0.2) is 47.3 Å². The van der Waals surface area contributed by atoms with Gasteiger partial charge in [-0.05, 0) is 29.7 Å². The monoisotopic (exact) mass is 146 g/mol. The zero-order chi connectivity index (χ0) is 7.68.